The number of hydrogen-bond acceptors (Lipinski definition) is 4. The molecule has 5 heteroatoms. The highest BCUT2D eigenvalue weighted by Crippen LogP contribution is 2.22. The molecular formula is C14H23N5. The van der Waals surface area contributed by atoms with E-state index in [0.717, 1.165) is 36.8 Å². The highest BCUT2D eigenvalue weighted by molar-refractivity contribution is 5.65. The zero-order chi connectivity index (χ0) is 13.9. The van der Waals surface area contributed by atoms with Crippen molar-refractivity contribution in [2.75, 3.05) is 23.7 Å². The molecule has 2 rings (SSSR count). The maximum atomic E-state index is 4.59. The van der Waals surface area contributed by atoms with E-state index in [0.29, 0.717) is 0 Å². The Morgan fingerprint density at radius 3 is 2.74 bits per heavy atom. The molecule has 0 aromatic carbocycles. The summed E-state index contributed by atoms with van der Waals surface area (Å²) in [6, 6.07) is 0. The van der Waals surface area contributed by atoms with Gasteiger partial charge < -0.3 is 15.0 Å². The van der Waals surface area contributed by atoms with Crippen LogP contribution in [0, 0.1) is 5.41 Å². The molecule has 0 unspecified atom stereocenters. The van der Waals surface area contributed by atoms with E-state index < -0.39 is 0 Å². The Hall–Kier alpha value is -1.78. The van der Waals surface area contributed by atoms with Crippen LogP contribution in [0.5, 0.6) is 0 Å². The van der Waals surface area contributed by atoms with Gasteiger partial charge >= 0.3 is 0 Å². The normalized spacial score (nSPS) is 11.8. The van der Waals surface area contributed by atoms with Crippen LogP contribution in [-0.2, 0) is 0 Å². The van der Waals surface area contributed by atoms with Crippen LogP contribution < -0.4 is 10.6 Å². The van der Waals surface area contributed by atoms with Gasteiger partial charge in [0.05, 0.1) is 6.20 Å². The molecule has 0 radical (unpaired) electrons. The van der Waals surface area contributed by atoms with Crippen LogP contribution in [0.3, 0.4) is 0 Å². The van der Waals surface area contributed by atoms with Crippen molar-refractivity contribution < 1.29 is 0 Å². The lowest BCUT2D eigenvalue weighted by atomic mass is 9.90. The average molecular weight is 261 g/mol. The lowest BCUT2D eigenvalue weighted by Crippen LogP contribution is -2.23. The van der Waals surface area contributed by atoms with Crippen LogP contribution in [0.1, 0.15) is 34.1 Å². The van der Waals surface area contributed by atoms with Crippen molar-refractivity contribution >= 4 is 17.3 Å². The summed E-state index contributed by atoms with van der Waals surface area (Å²) in [5.74, 6) is 1.70. The van der Waals surface area contributed by atoms with Gasteiger partial charge in [-0.1, -0.05) is 20.8 Å². The molecule has 0 saturated carbocycles. The predicted octanol–water partition coefficient (Wildman–Crippen LogP) is 3.01. The van der Waals surface area contributed by atoms with Crippen LogP contribution in [0.25, 0.3) is 5.65 Å². The second kappa shape index (κ2) is 5.47. The Kier molecular flexibility index (Phi) is 3.93. The van der Waals surface area contributed by atoms with Crippen LogP contribution in [-0.4, -0.2) is 27.5 Å². The van der Waals surface area contributed by atoms with Crippen molar-refractivity contribution in [2.45, 2.75) is 34.1 Å². The molecule has 19 heavy (non-hydrogen) atoms. The molecule has 5 nitrogen and oxygen atoms in total. The topological polar surface area (TPSA) is 54.2 Å². The van der Waals surface area contributed by atoms with E-state index in [9.17, 15) is 0 Å². The van der Waals surface area contributed by atoms with Crippen LogP contribution in [0.4, 0.5) is 11.6 Å². The fraction of sp³-hybridized carbons (Fsp3) is 0.571. The minimum Gasteiger partial charge on any atom is -0.369 e. The van der Waals surface area contributed by atoms with Crippen LogP contribution in [0.15, 0.2) is 18.6 Å². The Morgan fingerprint density at radius 2 is 2.05 bits per heavy atom. The van der Waals surface area contributed by atoms with Gasteiger partial charge in [0.15, 0.2) is 11.5 Å². The van der Waals surface area contributed by atoms with E-state index >= 15 is 0 Å². The van der Waals surface area contributed by atoms with Crippen LogP contribution in [0.2, 0.25) is 0 Å². The number of aromatic nitrogens is 3. The first-order valence-electron chi connectivity index (χ1n) is 6.87. The van der Waals surface area contributed by atoms with E-state index in [2.05, 4.69) is 48.3 Å². The highest BCUT2D eigenvalue weighted by Gasteiger charge is 2.16. The number of fused-ring (bicyclic) bond motifs is 1. The zero-order valence-electron chi connectivity index (χ0n) is 12.2. The summed E-state index contributed by atoms with van der Waals surface area (Å²) in [4.78, 5) is 8.95. The summed E-state index contributed by atoms with van der Waals surface area (Å²) in [6.45, 7) is 10.5. The maximum Gasteiger partial charge on any atom is 0.180 e. The fourth-order valence-corrected chi connectivity index (χ4v) is 1.76. The first-order chi connectivity index (χ1) is 9.05. The van der Waals surface area contributed by atoms with Crippen molar-refractivity contribution in [3.63, 3.8) is 0 Å². The van der Waals surface area contributed by atoms with Gasteiger partial charge in [0.25, 0.3) is 0 Å². The number of nitrogens with zero attached hydrogens (tertiary/aromatic N) is 3. The molecule has 2 N–H and O–H groups in total. The lowest BCUT2D eigenvalue weighted by molar-refractivity contribution is 0.376. The monoisotopic (exact) mass is 261 g/mol. The molecule has 0 aliphatic rings. The predicted molar refractivity (Wildman–Crippen MR) is 79.7 cm³/mol. The molecule has 0 amide bonds. The Balaban J connectivity index is 2.27. The van der Waals surface area contributed by atoms with Gasteiger partial charge in [0, 0.05) is 25.5 Å². The van der Waals surface area contributed by atoms with Gasteiger partial charge in [-0.25, -0.2) is 9.97 Å². The summed E-state index contributed by atoms with van der Waals surface area (Å²) in [5.41, 5.74) is 1.12. The molecule has 0 fully saturated rings. The van der Waals surface area contributed by atoms with Crippen molar-refractivity contribution in [2.24, 2.45) is 5.41 Å². The number of rotatable bonds is 6. The third-order valence-corrected chi connectivity index (χ3v) is 3.42. The zero-order valence-corrected chi connectivity index (χ0v) is 12.2. The van der Waals surface area contributed by atoms with Gasteiger partial charge in [0.1, 0.15) is 5.82 Å². The molecule has 0 bridgehead atoms. The lowest BCUT2D eigenvalue weighted by Gasteiger charge is -2.23. The second-order valence-corrected chi connectivity index (χ2v) is 5.53. The summed E-state index contributed by atoms with van der Waals surface area (Å²) < 4.78 is 1.99. The maximum absolute atomic E-state index is 4.59. The fourth-order valence-electron chi connectivity index (χ4n) is 1.76. The van der Waals surface area contributed by atoms with E-state index in [1.807, 2.05) is 16.8 Å². The molecule has 0 spiro atoms. The number of nitrogens with one attached hydrogen (secondary N) is 2. The molecule has 2 aromatic rings. The smallest absolute Gasteiger partial charge is 0.180 e. The number of anilines is 2. The highest BCUT2D eigenvalue weighted by atomic mass is 15.1. The largest absolute Gasteiger partial charge is 0.369 e. The minimum atomic E-state index is 0.249. The number of hydrogen-bond donors (Lipinski definition) is 2. The summed E-state index contributed by atoms with van der Waals surface area (Å²) in [7, 11) is 0. The molecule has 0 aliphatic carbocycles. The van der Waals surface area contributed by atoms with Crippen LogP contribution >= 0.6 is 0 Å². The second-order valence-electron chi connectivity index (χ2n) is 5.53. The Morgan fingerprint density at radius 1 is 1.26 bits per heavy atom. The first kappa shape index (κ1) is 13.6. The van der Waals surface area contributed by atoms with Gasteiger partial charge in [-0.3, -0.25) is 0 Å². The average Bonchev–Trinajstić information content (AvgIpc) is 2.85. The molecule has 0 atom stereocenters. The van der Waals surface area contributed by atoms with Crippen molar-refractivity contribution in [1.29, 1.82) is 0 Å². The van der Waals surface area contributed by atoms with Gasteiger partial charge in [-0.05, 0) is 18.8 Å². The first-order valence-corrected chi connectivity index (χ1v) is 6.87. The third-order valence-electron chi connectivity index (χ3n) is 3.42. The van der Waals surface area contributed by atoms with Gasteiger partial charge in [0.2, 0.25) is 0 Å². The Bertz CT molecular complexity index is 544. The summed E-state index contributed by atoms with van der Waals surface area (Å²) in [6.07, 6.45) is 6.82. The van der Waals surface area contributed by atoms with Crippen molar-refractivity contribution in [3.05, 3.63) is 18.6 Å². The van der Waals surface area contributed by atoms with Gasteiger partial charge in [-0.15, -0.1) is 0 Å². The number of imidazole rings is 1. The summed E-state index contributed by atoms with van der Waals surface area (Å²) >= 11 is 0. The Labute approximate surface area is 114 Å². The molecule has 2 heterocycles. The third kappa shape index (κ3) is 3.16. The molecule has 2 aromatic heterocycles. The minimum absolute atomic E-state index is 0.249. The summed E-state index contributed by atoms with van der Waals surface area (Å²) in [5, 5.41) is 6.67. The van der Waals surface area contributed by atoms with E-state index in [4.69, 9.17) is 0 Å². The van der Waals surface area contributed by atoms with Gasteiger partial charge in [-0.2, -0.15) is 0 Å². The molecule has 0 saturated heterocycles. The van der Waals surface area contributed by atoms with E-state index in [1.165, 1.54) is 0 Å². The van der Waals surface area contributed by atoms with Crippen molar-refractivity contribution in [3.8, 4) is 0 Å². The van der Waals surface area contributed by atoms with Crippen molar-refractivity contribution in [1.82, 2.24) is 14.4 Å². The standard InChI is InChI=1S/C14H23N5/c1-5-14(3,4)10-17-12-13-16-7-8-19(13)9-11(18-12)15-6-2/h7-9,15H,5-6,10H2,1-4H3,(H,17,18). The molecular weight excluding hydrogens is 238 g/mol. The SMILES string of the molecule is CCNc1cn2ccnc2c(NCC(C)(C)CC)n1. The van der Waals surface area contributed by atoms with E-state index in [-0.39, 0.29) is 5.41 Å². The molecule has 0 aliphatic heterocycles. The quantitative estimate of drug-likeness (QED) is 0.839. The molecule has 104 valence electrons. The van der Waals surface area contributed by atoms with E-state index in [1.54, 1.807) is 6.20 Å².